The highest BCUT2D eigenvalue weighted by Crippen LogP contribution is 2.33. The van der Waals surface area contributed by atoms with Gasteiger partial charge in [0.2, 0.25) is 0 Å². The SMILES string of the molecule is Cc1n[nH]c(C)c1[C@@H]1CCCCCN1C(=O)NC1C[C@H](C)O[C@@H](C)C1. The Morgan fingerprint density at radius 3 is 2.56 bits per heavy atom. The lowest BCUT2D eigenvalue weighted by atomic mass is 9.98. The molecule has 6 nitrogen and oxygen atoms in total. The fraction of sp³-hybridized carbons (Fsp3) is 0.789. The molecule has 0 bridgehead atoms. The number of aromatic nitrogens is 2. The maximum Gasteiger partial charge on any atom is 0.318 e. The van der Waals surface area contributed by atoms with Crippen LogP contribution in [0.5, 0.6) is 0 Å². The fourth-order valence-electron chi connectivity index (χ4n) is 4.48. The maximum atomic E-state index is 13.1. The lowest BCUT2D eigenvalue weighted by molar-refractivity contribution is -0.0408. The quantitative estimate of drug-likeness (QED) is 0.858. The number of H-pyrrole nitrogens is 1. The van der Waals surface area contributed by atoms with Gasteiger partial charge < -0.3 is 15.0 Å². The molecule has 0 spiro atoms. The third-order valence-corrected chi connectivity index (χ3v) is 5.56. The van der Waals surface area contributed by atoms with E-state index in [-0.39, 0.29) is 30.3 Å². The molecule has 0 unspecified atom stereocenters. The van der Waals surface area contributed by atoms with Crippen molar-refractivity contribution < 1.29 is 9.53 Å². The molecule has 3 rings (SSSR count). The first kappa shape index (κ1) is 18.2. The van der Waals surface area contributed by atoms with Crippen molar-refractivity contribution in [1.82, 2.24) is 20.4 Å². The van der Waals surface area contributed by atoms with Gasteiger partial charge in [0.15, 0.2) is 0 Å². The normalized spacial score (nSPS) is 30.8. The van der Waals surface area contributed by atoms with Crippen molar-refractivity contribution in [3.63, 3.8) is 0 Å². The minimum absolute atomic E-state index is 0.0678. The standard InChI is InChI=1S/C19H32N4O2/c1-12-10-16(11-13(2)25-12)20-19(24)23-9-7-5-6-8-17(23)18-14(3)21-22-15(18)4/h12-13,16-17H,5-11H2,1-4H3,(H,20,24)(H,21,22)/t12-,13-,17-/m0/s1. The number of aromatic amines is 1. The Kier molecular flexibility index (Phi) is 5.67. The van der Waals surface area contributed by atoms with E-state index < -0.39 is 0 Å². The van der Waals surface area contributed by atoms with Crippen LogP contribution in [0, 0.1) is 13.8 Å². The molecule has 0 radical (unpaired) electrons. The van der Waals surface area contributed by atoms with E-state index in [1.807, 2.05) is 11.8 Å². The van der Waals surface area contributed by atoms with E-state index in [9.17, 15) is 4.79 Å². The molecule has 140 valence electrons. The van der Waals surface area contributed by atoms with Crippen molar-refractivity contribution in [3.8, 4) is 0 Å². The number of likely N-dealkylation sites (tertiary alicyclic amines) is 1. The zero-order valence-electron chi connectivity index (χ0n) is 16.0. The molecule has 2 saturated heterocycles. The summed E-state index contributed by atoms with van der Waals surface area (Å²) in [5.74, 6) is 0. The van der Waals surface area contributed by atoms with Crippen LogP contribution in [-0.2, 0) is 4.74 Å². The Bertz CT molecular complexity index is 571. The molecule has 2 fully saturated rings. The number of urea groups is 1. The molecule has 0 saturated carbocycles. The van der Waals surface area contributed by atoms with Gasteiger partial charge in [0.05, 0.1) is 23.9 Å². The first-order valence-electron chi connectivity index (χ1n) is 9.69. The monoisotopic (exact) mass is 348 g/mol. The lowest BCUT2D eigenvalue weighted by Gasteiger charge is -2.36. The Morgan fingerprint density at radius 1 is 1.20 bits per heavy atom. The molecule has 3 heterocycles. The summed E-state index contributed by atoms with van der Waals surface area (Å²) in [5.41, 5.74) is 3.29. The Hall–Kier alpha value is -1.56. The number of carbonyl (C=O) groups excluding carboxylic acids is 1. The van der Waals surface area contributed by atoms with Gasteiger partial charge in [-0.1, -0.05) is 12.8 Å². The van der Waals surface area contributed by atoms with E-state index in [1.165, 1.54) is 12.0 Å². The summed E-state index contributed by atoms with van der Waals surface area (Å²) in [6.07, 6.45) is 6.59. The van der Waals surface area contributed by atoms with E-state index in [0.717, 1.165) is 50.0 Å². The average Bonchev–Trinajstić information content (AvgIpc) is 2.74. The van der Waals surface area contributed by atoms with Gasteiger partial charge >= 0.3 is 6.03 Å². The van der Waals surface area contributed by atoms with Gasteiger partial charge in [0, 0.05) is 23.8 Å². The molecular formula is C19H32N4O2. The molecule has 0 aliphatic carbocycles. The zero-order chi connectivity index (χ0) is 18.0. The van der Waals surface area contributed by atoms with Crippen molar-refractivity contribution in [2.24, 2.45) is 0 Å². The van der Waals surface area contributed by atoms with Crippen molar-refractivity contribution in [1.29, 1.82) is 0 Å². The van der Waals surface area contributed by atoms with Crippen molar-refractivity contribution in [2.75, 3.05) is 6.54 Å². The topological polar surface area (TPSA) is 70.2 Å². The Balaban J connectivity index is 1.76. The molecule has 1 aromatic heterocycles. The number of ether oxygens (including phenoxy) is 1. The summed E-state index contributed by atoms with van der Waals surface area (Å²) in [5, 5.41) is 10.7. The zero-order valence-corrected chi connectivity index (χ0v) is 16.0. The second-order valence-electron chi connectivity index (χ2n) is 7.78. The third kappa shape index (κ3) is 4.17. The number of rotatable bonds is 2. The van der Waals surface area contributed by atoms with Gasteiger partial charge in [-0.2, -0.15) is 5.10 Å². The van der Waals surface area contributed by atoms with Gasteiger partial charge in [0.1, 0.15) is 0 Å². The predicted molar refractivity (Wildman–Crippen MR) is 97.5 cm³/mol. The minimum Gasteiger partial charge on any atom is -0.375 e. The molecule has 0 aromatic carbocycles. The van der Waals surface area contributed by atoms with Crippen LogP contribution in [0.25, 0.3) is 0 Å². The highest BCUT2D eigenvalue weighted by molar-refractivity contribution is 5.75. The number of nitrogens with zero attached hydrogens (tertiary/aromatic N) is 2. The second-order valence-corrected chi connectivity index (χ2v) is 7.78. The van der Waals surface area contributed by atoms with E-state index in [2.05, 4.69) is 36.3 Å². The summed E-state index contributed by atoms with van der Waals surface area (Å²) in [6.45, 7) is 9.07. The van der Waals surface area contributed by atoms with E-state index in [0.29, 0.717) is 0 Å². The second kappa shape index (κ2) is 7.77. The highest BCUT2D eigenvalue weighted by Gasteiger charge is 2.32. The van der Waals surface area contributed by atoms with Gasteiger partial charge in [0.25, 0.3) is 0 Å². The van der Waals surface area contributed by atoms with Crippen LogP contribution >= 0.6 is 0 Å². The summed E-state index contributed by atoms with van der Waals surface area (Å²) in [6, 6.07) is 0.385. The molecule has 3 atom stereocenters. The Morgan fingerprint density at radius 2 is 1.92 bits per heavy atom. The predicted octanol–water partition coefficient (Wildman–Crippen LogP) is 3.61. The largest absolute Gasteiger partial charge is 0.375 e. The first-order valence-corrected chi connectivity index (χ1v) is 9.69. The number of amides is 2. The minimum atomic E-state index is 0.0678. The van der Waals surface area contributed by atoms with Crippen LogP contribution in [-0.4, -0.2) is 45.9 Å². The van der Waals surface area contributed by atoms with E-state index >= 15 is 0 Å². The third-order valence-electron chi connectivity index (χ3n) is 5.56. The van der Waals surface area contributed by atoms with Crippen molar-refractivity contribution in [3.05, 3.63) is 17.0 Å². The number of hydrogen-bond acceptors (Lipinski definition) is 3. The highest BCUT2D eigenvalue weighted by atomic mass is 16.5. The molecule has 25 heavy (non-hydrogen) atoms. The summed E-state index contributed by atoms with van der Waals surface area (Å²) < 4.78 is 5.80. The van der Waals surface area contributed by atoms with Gasteiger partial charge in [-0.3, -0.25) is 5.10 Å². The van der Waals surface area contributed by atoms with Crippen LogP contribution < -0.4 is 5.32 Å². The molecule has 2 amide bonds. The van der Waals surface area contributed by atoms with E-state index in [1.54, 1.807) is 0 Å². The smallest absolute Gasteiger partial charge is 0.318 e. The van der Waals surface area contributed by atoms with Crippen LogP contribution in [0.15, 0.2) is 0 Å². The van der Waals surface area contributed by atoms with Crippen LogP contribution in [0.1, 0.15) is 75.4 Å². The summed E-state index contributed by atoms with van der Waals surface area (Å²) in [7, 11) is 0. The molecule has 2 aliphatic rings. The molecule has 2 N–H and O–H groups in total. The summed E-state index contributed by atoms with van der Waals surface area (Å²) in [4.78, 5) is 15.1. The van der Waals surface area contributed by atoms with Gasteiger partial charge in [-0.25, -0.2) is 4.79 Å². The molecule has 6 heteroatoms. The molecule has 2 aliphatic heterocycles. The van der Waals surface area contributed by atoms with E-state index in [4.69, 9.17) is 4.74 Å². The molecule has 1 aromatic rings. The van der Waals surface area contributed by atoms with Crippen molar-refractivity contribution in [2.45, 2.75) is 90.5 Å². The Labute approximate surface area is 150 Å². The summed E-state index contributed by atoms with van der Waals surface area (Å²) >= 11 is 0. The van der Waals surface area contributed by atoms with Crippen LogP contribution in [0.3, 0.4) is 0 Å². The van der Waals surface area contributed by atoms with Crippen LogP contribution in [0.4, 0.5) is 4.79 Å². The lowest BCUT2D eigenvalue weighted by Crippen LogP contribution is -2.50. The maximum absolute atomic E-state index is 13.1. The van der Waals surface area contributed by atoms with Crippen molar-refractivity contribution >= 4 is 6.03 Å². The molecular weight excluding hydrogens is 316 g/mol. The van der Waals surface area contributed by atoms with Gasteiger partial charge in [-0.15, -0.1) is 0 Å². The fourth-order valence-corrected chi connectivity index (χ4v) is 4.48. The first-order chi connectivity index (χ1) is 12.0. The van der Waals surface area contributed by atoms with Gasteiger partial charge in [-0.05, 0) is 53.4 Å². The number of aryl methyl sites for hydroxylation is 2. The number of nitrogens with one attached hydrogen (secondary N) is 2. The van der Waals surface area contributed by atoms with Crippen LogP contribution in [0.2, 0.25) is 0 Å². The number of hydrogen-bond donors (Lipinski definition) is 2. The number of carbonyl (C=O) groups is 1. The average molecular weight is 348 g/mol.